The topological polar surface area (TPSA) is 370 Å². The van der Waals surface area contributed by atoms with Crippen LogP contribution in [0.15, 0.2) is 36.4 Å². The Hall–Kier alpha value is -7.01. The molecule has 0 aliphatic heterocycles. The first kappa shape index (κ1) is 56.1. The van der Waals surface area contributed by atoms with E-state index in [9.17, 15) is 68.7 Å². The molecule has 2 aromatic rings. The number of aromatic hydroxyl groups is 2. The van der Waals surface area contributed by atoms with Crippen molar-refractivity contribution >= 4 is 53.7 Å². The van der Waals surface area contributed by atoms with Crippen molar-refractivity contribution in [3.63, 3.8) is 0 Å². The number of phenols is 2. The average molecular weight is 947 g/mol. The number of hydrogen-bond acceptors (Lipinski definition) is 13. The zero-order chi connectivity index (χ0) is 49.9. The first-order chi connectivity index (χ1) is 31.7. The van der Waals surface area contributed by atoms with Gasteiger partial charge in [0.05, 0.1) is 13.1 Å². The second-order valence-electron chi connectivity index (χ2n) is 15.9. The van der Waals surface area contributed by atoms with Crippen LogP contribution in [0.25, 0.3) is 0 Å². The fourth-order valence-corrected chi connectivity index (χ4v) is 6.74. The molecule has 0 fully saturated rings. The normalized spacial score (nSPS) is 11.9. The Kier molecular flexibility index (Phi) is 25.3. The van der Waals surface area contributed by atoms with Crippen LogP contribution in [-0.4, -0.2) is 156 Å². The molecule has 0 spiro atoms. The summed E-state index contributed by atoms with van der Waals surface area (Å²) in [6.07, 6.45) is 2.35. The number of carbonyl (C=O) groups is 9. The molecule has 23 nitrogen and oxygen atoms in total. The SMILES string of the molecule is O=C(O)CCc1ccc(CN(CCN(CC(=O)O)Cc2cc(CCC(=O)NCCCCCC(=O)NCCCC[C@H](NC(=O)N[C@@H](CCC(=O)O)C(=O)O)C(=O)O)ccc2O)CC(=O)O)c(O)c1. The Bertz CT molecular complexity index is 2010. The summed E-state index contributed by atoms with van der Waals surface area (Å²) in [6.45, 7) is -0.0531. The van der Waals surface area contributed by atoms with Gasteiger partial charge in [-0.25, -0.2) is 14.4 Å². The molecule has 0 saturated heterocycles. The summed E-state index contributed by atoms with van der Waals surface area (Å²) in [5.74, 6) is -8.02. The van der Waals surface area contributed by atoms with Crippen molar-refractivity contribution in [3.8, 4) is 11.5 Å². The van der Waals surface area contributed by atoms with Crippen molar-refractivity contribution < 1.29 is 84.0 Å². The van der Waals surface area contributed by atoms with E-state index in [1.165, 1.54) is 21.9 Å². The molecular weight excluding hydrogens is 885 g/mol. The van der Waals surface area contributed by atoms with Crippen LogP contribution in [-0.2, 0) is 64.3 Å². The van der Waals surface area contributed by atoms with E-state index >= 15 is 0 Å². The number of carbonyl (C=O) groups excluding carboxylic acids is 3. The van der Waals surface area contributed by atoms with E-state index in [-0.39, 0.29) is 94.6 Å². The highest BCUT2D eigenvalue weighted by Crippen LogP contribution is 2.23. The zero-order valence-corrected chi connectivity index (χ0v) is 37.1. The molecule has 0 bridgehead atoms. The Labute approximate surface area is 386 Å². The highest BCUT2D eigenvalue weighted by atomic mass is 16.4. The number of unbranched alkanes of at least 4 members (excludes halogenated alkanes) is 3. The standard InChI is InChI=1S/C44H62N6O17/c51-34-14-9-28(22-31(34)25-50(27-41(61)62)21-20-49(26-40(59)60)24-30-12-8-29(23-35(30)52)11-16-38(55)56)10-15-37(54)46-18-4-1-2-7-36(53)45-19-5-3-6-32(42(63)64)47-44(67)48-33(43(65)66)13-17-39(57)58/h8-9,12,14,22-23,32-33,51-52H,1-7,10-11,13,15-21,24-27H2,(H,45,53)(H,46,54)(H,55,56)(H,57,58)(H,59,60)(H,61,62)(H,63,64)(H,65,66)(H2,47,48,67)/t32-,33-/m0/s1. The van der Waals surface area contributed by atoms with Gasteiger partial charge in [0.2, 0.25) is 11.8 Å². The fourth-order valence-electron chi connectivity index (χ4n) is 6.74. The van der Waals surface area contributed by atoms with Gasteiger partial charge in [-0.1, -0.05) is 30.7 Å². The molecule has 67 heavy (non-hydrogen) atoms. The molecule has 2 rings (SSSR count). The maximum Gasteiger partial charge on any atom is 0.326 e. The number of aryl methyl sites for hydroxylation is 2. The van der Waals surface area contributed by atoms with Crippen molar-refractivity contribution in [2.45, 2.75) is 109 Å². The minimum atomic E-state index is -1.52. The van der Waals surface area contributed by atoms with E-state index in [4.69, 9.17) is 15.3 Å². The van der Waals surface area contributed by atoms with Gasteiger partial charge in [0.15, 0.2) is 0 Å². The summed E-state index contributed by atoms with van der Waals surface area (Å²) < 4.78 is 0. The first-order valence-corrected chi connectivity index (χ1v) is 21.7. The van der Waals surface area contributed by atoms with Crippen LogP contribution >= 0.6 is 0 Å². The molecule has 0 radical (unpaired) electrons. The number of nitrogens with one attached hydrogen (secondary N) is 4. The number of urea groups is 1. The van der Waals surface area contributed by atoms with Gasteiger partial charge in [-0.3, -0.25) is 38.6 Å². The van der Waals surface area contributed by atoms with E-state index in [1.807, 2.05) is 0 Å². The van der Waals surface area contributed by atoms with Crippen molar-refractivity contribution in [3.05, 3.63) is 58.7 Å². The molecule has 2 aromatic carbocycles. The molecule has 0 aliphatic carbocycles. The molecular formula is C44H62N6O17. The number of aliphatic carboxylic acids is 6. The lowest BCUT2D eigenvalue weighted by Gasteiger charge is -2.26. The summed E-state index contributed by atoms with van der Waals surface area (Å²) in [6, 6.07) is 5.49. The van der Waals surface area contributed by atoms with E-state index in [0.717, 1.165) is 0 Å². The number of carboxylic acids is 6. The number of carboxylic acid groups (broad SMARTS) is 6. The van der Waals surface area contributed by atoms with Crippen LogP contribution in [0.4, 0.5) is 4.79 Å². The summed E-state index contributed by atoms with van der Waals surface area (Å²) in [4.78, 5) is 108. The Morgan fingerprint density at radius 2 is 1.00 bits per heavy atom. The van der Waals surface area contributed by atoms with Crippen molar-refractivity contribution in [2.75, 3.05) is 39.3 Å². The van der Waals surface area contributed by atoms with Crippen LogP contribution in [0, 0.1) is 0 Å². The minimum Gasteiger partial charge on any atom is -0.508 e. The lowest BCUT2D eigenvalue weighted by atomic mass is 10.0. The van der Waals surface area contributed by atoms with Gasteiger partial charge in [-0.05, 0) is 74.6 Å². The van der Waals surface area contributed by atoms with Crippen molar-refractivity contribution in [1.82, 2.24) is 31.1 Å². The number of nitrogens with zero attached hydrogens (tertiary/aromatic N) is 2. The number of rotatable bonds is 35. The summed E-state index contributed by atoms with van der Waals surface area (Å²) in [5.41, 5.74) is 2.10. The van der Waals surface area contributed by atoms with Crippen LogP contribution < -0.4 is 21.3 Å². The fraction of sp³-hybridized carbons (Fsp3) is 0.523. The lowest BCUT2D eigenvalue weighted by molar-refractivity contribution is -0.141. The predicted molar refractivity (Wildman–Crippen MR) is 236 cm³/mol. The summed E-state index contributed by atoms with van der Waals surface area (Å²) in [7, 11) is 0. The largest absolute Gasteiger partial charge is 0.508 e. The smallest absolute Gasteiger partial charge is 0.326 e. The number of hydrogen-bond donors (Lipinski definition) is 12. The molecule has 0 saturated carbocycles. The molecule has 23 heteroatoms. The second kappa shape index (κ2) is 30.2. The average Bonchev–Trinajstić information content (AvgIpc) is 3.24. The van der Waals surface area contributed by atoms with Crippen LogP contribution in [0.5, 0.6) is 11.5 Å². The lowest BCUT2D eigenvalue weighted by Crippen LogP contribution is -2.51. The Balaban J connectivity index is 1.74. The molecule has 0 heterocycles. The molecule has 370 valence electrons. The van der Waals surface area contributed by atoms with Gasteiger partial charge in [0.1, 0.15) is 23.6 Å². The van der Waals surface area contributed by atoms with Gasteiger partial charge in [0.25, 0.3) is 0 Å². The third-order valence-electron chi connectivity index (χ3n) is 10.3. The number of phenolic OH excluding ortho intramolecular Hbond substituents is 2. The summed E-state index contributed by atoms with van der Waals surface area (Å²) >= 11 is 0. The summed E-state index contributed by atoms with van der Waals surface area (Å²) in [5, 5.41) is 86.4. The zero-order valence-electron chi connectivity index (χ0n) is 37.1. The molecule has 2 atom stereocenters. The van der Waals surface area contributed by atoms with Gasteiger partial charge in [-0.2, -0.15) is 0 Å². The van der Waals surface area contributed by atoms with Crippen LogP contribution in [0.3, 0.4) is 0 Å². The Morgan fingerprint density at radius 1 is 0.493 bits per heavy atom. The van der Waals surface area contributed by atoms with Crippen molar-refractivity contribution in [2.24, 2.45) is 0 Å². The second-order valence-corrected chi connectivity index (χ2v) is 15.9. The Morgan fingerprint density at radius 3 is 1.55 bits per heavy atom. The molecule has 4 amide bonds. The third kappa shape index (κ3) is 24.7. The van der Waals surface area contributed by atoms with Gasteiger partial charge in [-0.15, -0.1) is 0 Å². The van der Waals surface area contributed by atoms with E-state index in [2.05, 4.69) is 21.3 Å². The molecule has 0 aromatic heterocycles. The third-order valence-corrected chi connectivity index (χ3v) is 10.3. The molecule has 0 aliphatic rings. The van der Waals surface area contributed by atoms with E-state index in [1.54, 1.807) is 24.3 Å². The maximum absolute atomic E-state index is 12.6. The quantitative estimate of drug-likeness (QED) is 0.0436. The molecule has 12 N–H and O–H groups in total. The minimum absolute atomic E-state index is 0.00666. The van der Waals surface area contributed by atoms with Crippen LogP contribution in [0.2, 0.25) is 0 Å². The van der Waals surface area contributed by atoms with Crippen LogP contribution in [0.1, 0.15) is 92.9 Å². The highest BCUT2D eigenvalue weighted by molar-refractivity contribution is 5.86. The number of benzene rings is 2. The predicted octanol–water partition coefficient (Wildman–Crippen LogP) is 1.55. The van der Waals surface area contributed by atoms with Crippen molar-refractivity contribution in [1.29, 1.82) is 0 Å². The monoisotopic (exact) mass is 946 g/mol. The van der Waals surface area contributed by atoms with E-state index < -0.39 is 73.4 Å². The van der Waals surface area contributed by atoms with Gasteiger partial charge >= 0.3 is 41.8 Å². The first-order valence-electron chi connectivity index (χ1n) is 21.7. The highest BCUT2D eigenvalue weighted by Gasteiger charge is 2.25. The number of amides is 4. The maximum atomic E-state index is 12.6. The van der Waals surface area contributed by atoms with Gasteiger partial charge < -0.3 is 62.1 Å². The molecule has 0 unspecified atom stereocenters. The van der Waals surface area contributed by atoms with E-state index in [0.29, 0.717) is 67.3 Å². The van der Waals surface area contributed by atoms with Gasteiger partial charge in [0, 0.05) is 76.1 Å².